The van der Waals surface area contributed by atoms with Crippen molar-refractivity contribution in [3.8, 4) is 0 Å². The number of benzene rings is 1. The van der Waals surface area contributed by atoms with Gasteiger partial charge >= 0.3 is 0 Å². The molecule has 0 aliphatic carbocycles. The van der Waals surface area contributed by atoms with Gasteiger partial charge in [-0.05, 0) is 58.0 Å². The van der Waals surface area contributed by atoms with Crippen molar-refractivity contribution in [2.45, 2.75) is 41.8 Å². The van der Waals surface area contributed by atoms with Crippen LogP contribution in [-0.2, 0) is 0 Å². The minimum Gasteiger partial charge on any atom is -0.352 e. The molecule has 0 radical (unpaired) electrons. The van der Waals surface area contributed by atoms with E-state index in [4.69, 9.17) is 0 Å². The molecule has 1 aliphatic rings. The number of rotatable bonds is 8. The zero-order chi connectivity index (χ0) is 19.9. The number of aryl methyl sites for hydroxylation is 1. The molecule has 1 aromatic carbocycles. The molecule has 2 heterocycles. The Bertz CT molecular complexity index is 834. The highest BCUT2D eigenvalue weighted by Crippen LogP contribution is 2.36. The molecule has 0 bridgehead atoms. The second-order valence-electron chi connectivity index (χ2n) is 6.81. The third-order valence-electron chi connectivity index (χ3n) is 4.60. The zero-order valence-electron chi connectivity index (χ0n) is 15.8. The first kappa shape index (κ1) is 20.8. The van der Waals surface area contributed by atoms with Crippen LogP contribution in [0.25, 0.3) is 0 Å². The van der Waals surface area contributed by atoms with Crippen LogP contribution in [0.2, 0.25) is 0 Å². The van der Waals surface area contributed by atoms with Gasteiger partial charge in [-0.2, -0.15) is 0 Å². The molecule has 28 heavy (non-hydrogen) atoms. The zero-order valence-corrected chi connectivity index (χ0v) is 17.5. The first-order valence-corrected chi connectivity index (χ1v) is 11.1. The van der Waals surface area contributed by atoms with Crippen molar-refractivity contribution in [2.75, 3.05) is 26.2 Å². The van der Waals surface area contributed by atoms with Gasteiger partial charge in [0.15, 0.2) is 4.34 Å². The molecule has 0 unspecified atom stereocenters. The lowest BCUT2D eigenvalue weighted by molar-refractivity contribution is -0.387. The summed E-state index contributed by atoms with van der Waals surface area (Å²) in [7, 11) is 0. The van der Waals surface area contributed by atoms with Gasteiger partial charge in [0.2, 0.25) is 0 Å². The van der Waals surface area contributed by atoms with E-state index in [9.17, 15) is 14.9 Å². The Hall–Kier alpha value is -1.97. The van der Waals surface area contributed by atoms with Crippen molar-refractivity contribution >= 4 is 34.7 Å². The van der Waals surface area contributed by atoms with Gasteiger partial charge in [-0.1, -0.05) is 18.2 Å². The highest BCUT2D eigenvalue weighted by Gasteiger charge is 2.19. The number of nitrogens with zero attached hydrogens (tertiary/aromatic N) is 3. The SMILES string of the molecule is Cc1csc(Sc2ccc(C(=O)NCCCN3CCCCC3)cc2[N+](=O)[O-])n1. The molecule has 1 aliphatic heterocycles. The highest BCUT2D eigenvalue weighted by molar-refractivity contribution is 8.01. The van der Waals surface area contributed by atoms with E-state index in [1.807, 2.05) is 12.3 Å². The molecular weight excluding hydrogens is 396 g/mol. The van der Waals surface area contributed by atoms with E-state index in [0.29, 0.717) is 17.0 Å². The molecule has 1 saturated heterocycles. The Balaban J connectivity index is 1.57. The number of piperidine rings is 1. The second-order valence-corrected chi connectivity index (χ2v) is 8.96. The summed E-state index contributed by atoms with van der Waals surface area (Å²) in [6.07, 6.45) is 4.69. The van der Waals surface area contributed by atoms with Crippen molar-refractivity contribution in [1.29, 1.82) is 0 Å². The highest BCUT2D eigenvalue weighted by atomic mass is 32.2. The fourth-order valence-electron chi connectivity index (χ4n) is 3.15. The number of carbonyl (C=O) groups is 1. The Morgan fingerprint density at radius 1 is 1.36 bits per heavy atom. The molecule has 9 heteroatoms. The lowest BCUT2D eigenvalue weighted by atomic mass is 10.1. The van der Waals surface area contributed by atoms with Gasteiger partial charge in [0.25, 0.3) is 11.6 Å². The van der Waals surface area contributed by atoms with Crippen molar-refractivity contribution in [3.63, 3.8) is 0 Å². The van der Waals surface area contributed by atoms with Crippen molar-refractivity contribution in [2.24, 2.45) is 0 Å². The molecule has 2 aromatic rings. The Labute approximate surface area is 172 Å². The standard InChI is InChI=1S/C19H24N4O3S2/c1-14-13-27-19(21-14)28-17-7-6-15(12-16(17)23(25)26)18(24)20-8-5-11-22-9-3-2-4-10-22/h6-7,12-13H,2-5,8-11H2,1H3,(H,20,24). The van der Waals surface area contributed by atoms with E-state index in [2.05, 4.69) is 15.2 Å². The van der Waals surface area contributed by atoms with Crippen LogP contribution < -0.4 is 5.32 Å². The van der Waals surface area contributed by atoms with Crippen LogP contribution in [0.4, 0.5) is 5.69 Å². The maximum absolute atomic E-state index is 12.4. The summed E-state index contributed by atoms with van der Waals surface area (Å²) in [4.78, 5) is 30.6. The summed E-state index contributed by atoms with van der Waals surface area (Å²) >= 11 is 2.70. The molecule has 0 atom stereocenters. The smallest absolute Gasteiger partial charge is 0.284 e. The van der Waals surface area contributed by atoms with Crippen LogP contribution in [0, 0.1) is 17.0 Å². The lowest BCUT2D eigenvalue weighted by Crippen LogP contribution is -2.33. The van der Waals surface area contributed by atoms with Crippen molar-refractivity contribution in [1.82, 2.24) is 15.2 Å². The Kier molecular flexibility index (Phi) is 7.41. The number of amides is 1. The van der Waals surface area contributed by atoms with E-state index in [1.165, 1.54) is 48.4 Å². The summed E-state index contributed by atoms with van der Waals surface area (Å²) in [5.41, 5.74) is 1.12. The summed E-state index contributed by atoms with van der Waals surface area (Å²) in [5, 5.41) is 16.2. The summed E-state index contributed by atoms with van der Waals surface area (Å²) in [6, 6.07) is 4.61. The van der Waals surface area contributed by atoms with Gasteiger partial charge < -0.3 is 10.2 Å². The number of hydrogen-bond acceptors (Lipinski definition) is 7. The van der Waals surface area contributed by atoms with Crippen molar-refractivity contribution in [3.05, 3.63) is 45.0 Å². The fraction of sp³-hybridized carbons (Fsp3) is 0.474. The van der Waals surface area contributed by atoms with Gasteiger partial charge in [-0.25, -0.2) is 4.98 Å². The maximum atomic E-state index is 12.4. The number of nitrogens with one attached hydrogen (secondary N) is 1. The normalized spacial score (nSPS) is 14.8. The van der Waals surface area contributed by atoms with Crippen molar-refractivity contribution < 1.29 is 9.72 Å². The molecule has 0 saturated carbocycles. The number of hydrogen-bond donors (Lipinski definition) is 1. The molecule has 150 valence electrons. The van der Waals surface area contributed by atoms with Gasteiger partial charge in [0.1, 0.15) is 0 Å². The maximum Gasteiger partial charge on any atom is 0.284 e. The van der Waals surface area contributed by atoms with Crippen LogP contribution in [0.1, 0.15) is 41.7 Å². The number of carbonyl (C=O) groups excluding carboxylic acids is 1. The average molecular weight is 421 g/mol. The Morgan fingerprint density at radius 2 is 2.14 bits per heavy atom. The Morgan fingerprint density at radius 3 is 2.82 bits per heavy atom. The molecule has 1 N–H and O–H groups in total. The minimum absolute atomic E-state index is 0.0705. The number of thiazole rings is 1. The third-order valence-corrected chi connectivity index (χ3v) is 6.72. The van der Waals surface area contributed by atoms with Gasteiger partial charge in [-0.15, -0.1) is 11.3 Å². The first-order chi connectivity index (χ1) is 13.5. The fourth-order valence-corrected chi connectivity index (χ4v) is 5.03. The van der Waals surface area contributed by atoms with Gasteiger partial charge in [0.05, 0.1) is 9.82 Å². The molecule has 3 rings (SSSR count). The van der Waals surface area contributed by atoms with Gasteiger partial charge in [0, 0.05) is 29.2 Å². The van der Waals surface area contributed by atoms with E-state index < -0.39 is 4.92 Å². The number of nitro groups is 1. The lowest BCUT2D eigenvalue weighted by Gasteiger charge is -2.26. The molecule has 1 amide bonds. The van der Waals surface area contributed by atoms with Crippen LogP contribution in [0.15, 0.2) is 32.8 Å². The van der Waals surface area contributed by atoms with E-state index >= 15 is 0 Å². The van der Waals surface area contributed by atoms with E-state index in [1.54, 1.807) is 12.1 Å². The van der Waals surface area contributed by atoms with Crippen LogP contribution >= 0.6 is 23.1 Å². The monoisotopic (exact) mass is 420 g/mol. The largest absolute Gasteiger partial charge is 0.352 e. The topological polar surface area (TPSA) is 88.4 Å². The van der Waals surface area contributed by atoms with Crippen LogP contribution in [0.3, 0.4) is 0 Å². The minimum atomic E-state index is -0.448. The van der Waals surface area contributed by atoms with E-state index in [0.717, 1.165) is 36.1 Å². The summed E-state index contributed by atoms with van der Waals surface area (Å²) in [6.45, 7) is 5.70. The number of likely N-dealkylation sites (tertiary alicyclic amines) is 1. The molecule has 1 fully saturated rings. The van der Waals surface area contributed by atoms with E-state index in [-0.39, 0.29) is 11.6 Å². The number of aromatic nitrogens is 1. The summed E-state index contributed by atoms with van der Waals surface area (Å²) < 4.78 is 0.746. The first-order valence-electron chi connectivity index (χ1n) is 9.42. The van der Waals surface area contributed by atoms with Crippen LogP contribution in [-0.4, -0.2) is 46.9 Å². The molecule has 7 nitrogen and oxygen atoms in total. The van der Waals surface area contributed by atoms with Gasteiger partial charge in [-0.3, -0.25) is 14.9 Å². The predicted octanol–water partition coefficient (Wildman–Crippen LogP) is 4.12. The summed E-state index contributed by atoms with van der Waals surface area (Å²) in [5.74, 6) is -0.275. The number of nitro benzene ring substituents is 1. The molecule has 0 spiro atoms. The molecular formula is C19H24N4O3S2. The molecule has 1 aromatic heterocycles. The van der Waals surface area contributed by atoms with Crippen LogP contribution in [0.5, 0.6) is 0 Å². The quantitative estimate of drug-likeness (QED) is 0.393. The second kappa shape index (κ2) is 9.99. The predicted molar refractivity (Wildman–Crippen MR) is 111 cm³/mol. The third kappa shape index (κ3) is 5.76. The average Bonchev–Trinajstić information content (AvgIpc) is 3.10.